The van der Waals surface area contributed by atoms with Crippen molar-refractivity contribution in [3.63, 3.8) is 0 Å². The summed E-state index contributed by atoms with van der Waals surface area (Å²) in [5.74, 6) is -0.186. The molecule has 1 rings (SSSR count). The van der Waals surface area contributed by atoms with Gasteiger partial charge >= 0.3 is 0 Å². The Bertz CT molecular complexity index is 639. The number of hydrogen-bond donors (Lipinski definition) is 3. The third-order valence-corrected chi connectivity index (χ3v) is 5.24. The second kappa shape index (κ2) is 6.67. The van der Waals surface area contributed by atoms with Crippen molar-refractivity contribution in [1.82, 2.24) is 5.32 Å². The Morgan fingerprint density at radius 2 is 2.15 bits per heavy atom. The number of sulfone groups is 1. The lowest BCUT2D eigenvalue weighted by atomic mass is 10.1. The molecule has 8 heteroatoms. The van der Waals surface area contributed by atoms with E-state index in [0.29, 0.717) is 11.1 Å². The number of aryl methyl sites for hydroxylation is 1. The van der Waals surface area contributed by atoms with Gasteiger partial charge in [0.2, 0.25) is 0 Å². The van der Waals surface area contributed by atoms with Crippen LogP contribution in [0.2, 0.25) is 0 Å². The van der Waals surface area contributed by atoms with Crippen LogP contribution in [0.15, 0.2) is 28.6 Å². The van der Waals surface area contributed by atoms with E-state index in [4.69, 9.17) is 5.73 Å². The van der Waals surface area contributed by atoms with Crippen molar-refractivity contribution in [2.75, 3.05) is 12.1 Å². The molecule has 0 aliphatic carbocycles. The van der Waals surface area contributed by atoms with Crippen molar-refractivity contribution in [1.29, 1.82) is 0 Å². The molecule has 0 bridgehead atoms. The molecule has 0 radical (unpaired) electrons. The molecule has 0 fully saturated rings. The highest BCUT2D eigenvalue weighted by molar-refractivity contribution is 8.18. The minimum absolute atomic E-state index is 0.000211. The van der Waals surface area contributed by atoms with Crippen LogP contribution >= 0.6 is 11.8 Å². The summed E-state index contributed by atoms with van der Waals surface area (Å²) in [7, 11) is -3.38. The predicted molar refractivity (Wildman–Crippen MR) is 79.9 cm³/mol. The molecule has 0 atom stereocenters. The number of carbonyl (C=O) groups is 1. The van der Waals surface area contributed by atoms with Gasteiger partial charge in [0, 0.05) is 18.0 Å². The minimum Gasteiger partial charge on any atom is -0.508 e. The monoisotopic (exact) mass is 316 g/mol. The number of carbonyl (C=O) groups excluding carboxylic acids is 1. The van der Waals surface area contributed by atoms with Crippen LogP contribution in [-0.2, 0) is 9.84 Å². The van der Waals surface area contributed by atoms with E-state index in [-0.39, 0.29) is 21.8 Å². The molecule has 6 nitrogen and oxygen atoms in total. The number of hydrogen-bond acceptors (Lipinski definition) is 6. The van der Waals surface area contributed by atoms with Gasteiger partial charge in [-0.1, -0.05) is 11.8 Å². The summed E-state index contributed by atoms with van der Waals surface area (Å²) < 4.78 is 22.6. The smallest absolute Gasteiger partial charge is 0.252 e. The molecule has 20 heavy (non-hydrogen) atoms. The Hall–Kier alpha value is -1.67. The van der Waals surface area contributed by atoms with Gasteiger partial charge in [-0.25, -0.2) is 8.42 Å². The van der Waals surface area contributed by atoms with E-state index >= 15 is 0 Å². The standard InChI is InChI=1S/C12H16N2O4S2/c1-8-5-9(15)3-4-10(8)12(16)14-7-19-11(6-13)20(2,17)18/h3-6,15H,7,13H2,1-2H3,(H,14,16)/b11-6+. The van der Waals surface area contributed by atoms with Crippen molar-refractivity contribution in [3.05, 3.63) is 39.8 Å². The summed E-state index contributed by atoms with van der Waals surface area (Å²) >= 11 is 0.927. The normalized spacial score (nSPS) is 12.2. The quantitative estimate of drug-likeness (QED) is 0.697. The van der Waals surface area contributed by atoms with Crippen LogP contribution in [-0.4, -0.2) is 31.6 Å². The van der Waals surface area contributed by atoms with E-state index in [2.05, 4.69) is 5.32 Å². The number of thioether (sulfide) groups is 1. The summed E-state index contributed by atoms with van der Waals surface area (Å²) in [6.45, 7) is 1.70. The number of aromatic hydroxyl groups is 1. The molecule has 1 amide bonds. The lowest BCUT2D eigenvalue weighted by Crippen LogP contribution is -2.24. The van der Waals surface area contributed by atoms with Crippen molar-refractivity contribution >= 4 is 27.5 Å². The Morgan fingerprint density at radius 3 is 2.65 bits per heavy atom. The van der Waals surface area contributed by atoms with Crippen molar-refractivity contribution in [3.8, 4) is 5.75 Å². The molecule has 0 aliphatic heterocycles. The first kappa shape index (κ1) is 16.4. The highest BCUT2D eigenvalue weighted by atomic mass is 32.3. The van der Waals surface area contributed by atoms with Gasteiger partial charge in [-0.2, -0.15) is 0 Å². The van der Waals surface area contributed by atoms with E-state index in [0.717, 1.165) is 24.2 Å². The maximum absolute atomic E-state index is 11.9. The fourth-order valence-electron chi connectivity index (χ4n) is 1.45. The van der Waals surface area contributed by atoms with Crippen molar-refractivity contribution < 1.29 is 18.3 Å². The Kier molecular flexibility index (Phi) is 5.46. The van der Waals surface area contributed by atoms with Gasteiger partial charge in [-0.3, -0.25) is 4.79 Å². The highest BCUT2D eigenvalue weighted by Gasteiger charge is 2.13. The number of benzene rings is 1. The molecule has 110 valence electrons. The molecular weight excluding hydrogens is 300 g/mol. The topological polar surface area (TPSA) is 109 Å². The van der Waals surface area contributed by atoms with Gasteiger partial charge in [0.25, 0.3) is 5.91 Å². The zero-order valence-corrected chi connectivity index (χ0v) is 12.7. The molecule has 0 saturated heterocycles. The summed E-state index contributed by atoms with van der Waals surface area (Å²) in [5.41, 5.74) is 6.27. The fraction of sp³-hybridized carbons (Fsp3) is 0.250. The highest BCUT2D eigenvalue weighted by Crippen LogP contribution is 2.19. The SMILES string of the molecule is Cc1cc(O)ccc1C(=O)NCS/C(=C\N)S(C)(=O)=O. The van der Waals surface area contributed by atoms with Crippen LogP contribution in [0.5, 0.6) is 5.75 Å². The molecule has 4 N–H and O–H groups in total. The predicted octanol–water partition coefficient (Wildman–Crippen LogP) is 0.923. The zero-order valence-electron chi connectivity index (χ0n) is 11.1. The molecule has 0 unspecified atom stereocenters. The summed E-state index contributed by atoms with van der Waals surface area (Å²) in [5, 5.41) is 11.8. The second-order valence-electron chi connectivity index (χ2n) is 4.05. The molecule has 0 spiro atoms. The van der Waals surface area contributed by atoms with Crippen molar-refractivity contribution in [2.24, 2.45) is 5.73 Å². The molecule has 1 aromatic carbocycles. The van der Waals surface area contributed by atoms with Gasteiger partial charge in [-0.15, -0.1) is 0 Å². The van der Waals surface area contributed by atoms with Crippen LogP contribution in [0.4, 0.5) is 0 Å². The number of phenols is 1. The second-order valence-corrected chi connectivity index (χ2v) is 7.31. The number of rotatable bonds is 5. The van der Waals surface area contributed by atoms with Gasteiger partial charge in [0.05, 0.1) is 5.88 Å². The van der Waals surface area contributed by atoms with Gasteiger partial charge < -0.3 is 16.2 Å². The number of nitrogens with two attached hydrogens (primary N) is 1. The first-order valence-corrected chi connectivity index (χ1v) is 8.46. The Balaban J connectivity index is 2.65. The maximum atomic E-state index is 11.9. The molecule has 0 aliphatic rings. The minimum atomic E-state index is -3.38. The molecule has 1 aromatic rings. The van der Waals surface area contributed by atoms with E-state index in [9.17, 15) is 18.3 Å². The number of phenolic OH excluding ortho intramolecular Hbond substituents is 1. The Labute approximate surface area is 122 Å². The van der Waals surface area contributed by atoms with Crippen LogP contribution < -0.4 is 11.1 Å². The average Bonchev–Trinajstić information content (AvgIpc) is 2.32. The van der Waals surface area contributed by atoms with Crippen LogP contribution in [0.25, 0.3) is 0 Å². The zero-order chi connectivity index (χ0) is 15.3. The van der Waals surface area contributed by atoms with Crippen LogP contribution in [0.3, 0.4) is 0 Å². The van der Waals surface area contributed by atoms with Crippen LogP contribution in [0, 0.1) is 6.92 Å². The summed E-state index contributed by atoms with van der Waals surface area (Å²) in [4.78, 5) is 11.9. The van der Waals surface area contributed by atoms with Gasteiger partial charge in [0.1, 0.15) is 9.99 Å². The number of amides is 1. The van der Waals surface area contributed by atoms with Gasteiger partial charge in [0.15, 0.2) is 9.84 Å². The lowest BCUT2D eigenvalue weighted by molar-refractivity contribution is 0.0960. The third kappa shape index (κ3) is 4.46. The van der Waals surface area contributed by atoms with E-state index in [1.54, 1.807) is 6.92 Å². The maximum Gasteiger partial charge on any atom is 0.252 e. The largest absolute Gasteiger partial charge is 0.508 e. The first-order chi connectivity index (χ1) is 9.25. The lowest BCUT2D eigenvalue weighted by Gasteiger charge is -2.08. The van der Waals surface area contributed by atoms with Crippen LogP contribution in [0.1, 0.15) is 15.9 Å². The van der Waals surface area contributed by atoms with E-state index in [1.807, 2.05) is 0 Å². The van der Waals surface area contributed by atoms with Crippen molar-refractivity contribution in [2.45, 2.75) is 6.92 Å². The van der Waals surface area contributed by atoms with Gasteiger partial charge in [-0.05, 0) is 30.7 Å². The summed E-state index contributed by atoms with van der Waals surface area (Å²) in [6.07, 6.45) is 2.04. The summed E-state index contributed by atoms with van der Waals surface area (Å²) in [6, 6.07) is 4.39. The fourth-order valence-corrected chi connectivity index (χ4v) is 3.17. The molecular formula is C12H16N2O4S2. The first-order valence-electron chi connectivity index (χ1n) is 5.58. The Morgan fingerprint density at radius 1 is 1.50 bits per heavy atom. The molecule has 0 saturated carbocycles. The number of nitrogens with one attached hydrogen (secondary N) is 1. The molecule has 0 aromatic heterocycles. The molecule has 0 heterocycles. The average molecular weight is 316 g/mol. The van der Waals surface area contributed by atoms with E-state index < -0.39 is 9.84 Å². The third-order valence-electron chi connectivity index (χ3n) is 2.40. The van der Waals surface area contributed by atoms with E-state index in [1.165, 1.54) is 18.2 Å².